The van der Waals surface area contributed by atoms with Crippen molar-refractivity contribution in [1.29, 1.82) is 0 Å². The minimum atomic E-state index is -4.57. The van der Waals surface area contributed by atoms with E-state index in [1.54, 1.807) is 19.1 Å². The maximum Gasteiger partial charge on any atom is 0.416 e. The SMILES string of the molecule is CCCOc1ccc(C(F)(F)F)cc1NC(=O)COC(=O)c1cccc(C)c1C. The third kappa shape index (κ3) is 5.97. The lowest BCUT2D eigenvalue weighted by atomic mass is 10.0. The van der Waals surface area contributed by atoms with Gasteiger partial charge < -0.3 is 14.8 Å². The number of aryl methyl sites for hydroxylation is 1. The zero-order valence-corrected chi connectivity index (χ0v) is 16.4. The van der Waals surface area contributed by atoms with E-state index in [0.29, 0.717) is 12.0 Å². The Balaban J connectivity index is 2.10. The van der Waals surface area contributed by atoms with Gasteiger partial charge in [0.05, 0.1) is 23.4 Å². The molecule has 8 heteroatoms. The van der Waals surface area contributed by atoms with Crippen molar-refractivity contribution in [1.82, 2.24) is 0 Å². The Morgan fingerprint density at radius 2 is 1.83 bits per heavy atom. The number of rotatable bonds is 7. The number of hydrogen-bond acceptors (Lipinski definition) is 4. The molecule has 0 aromatic heterocycles. The summed E-state index contributed by atoms with van der Waals surface area (Å²) in [6, 6.07) is 7.92. The van der Waals surface area contributed by atoms with Crippen molar-refractivity contribution in [3.63, 3.8) is 0 Å². The fourth-order valence-corrected chi connectivity index (χ4v) is 2.51. The van der Waals surface area contributed by atoms with E-state index in [0.717, 1.165) is 29.3 Å². The highest BCUT2D eigenvalue weighted by Crippen LogP contribution is 2.35. The van der Waals surface area contributed by atoms with Gasteiger partial charge in [0.2, 0.25) is 0 Å². The van der Waals surface area contributed by atoms with Gasteiger partial charge in [-0.15, -0.1) is 0 Å². The molecule has 0 aliphatic rings. The number of hydrogen-bond donors (Lipinski definition) is 1. The summed E-state index contributed by atoms with van der Waals surface area (Å²) in [7, 11) is 0. The van der Waals surface area contributed by atoms with Crippen LogP contribution in [0.4, 0.5) is 18.9 Å². The molecule has 0 saturated heterocycles. The van der Waals surface area contributed by atoms with Crippen LogP contribution in [0, 0.1) is 13.8 Å². The van der Waals surface area contributed by atoms with E-state index in [1.807, 2.05) is 19.9 Å². The summed E-state index contributed by atoms with van der Waals surface area (Å²) in [5.41, 5.74) is 0.880. The maximum absolute atomic E-state index is 13.0. The minimum Gasteiger partial charge on any atom is -0.491 e. The smallest absolute Gasteiger partial charge is 0.416 e. The Morgan fingerprint density at radius 1 is 1.10 bits per heavy atom. The molecule has 1 amide bonds. The Bertz CT molecular complexity index is 894. The van der Waals surface area contributed by atoms with Crippen molar-refractivity contribution >= 4 is 17.6 Å². The maximum atomic E-state index is 13.0. The molecule has 1 N–H and O–H groups in total. The summed E-state index contributed by atoms with van der Waals surface area (Å²) in [5, 5.41) is 2.32. The topological polar surface area (TPSA) is 64.6 Å². The lowest BCUT2D eigenvalue weighted by Crippen LogP contribution is -2.22. The quantitative estimate of drug-likeness (QED) is 0.660. The van der Waals surface area contributed by atoms with Gasteiger partial charge in [-0.3, -0.25) is 4.79 Å². The molecule has 0 aliphatic heterocycles. The van der Waals surface area contributed by atoms with Crippen LogP contribution >= 0.6 is 0 Å². The van der Waals surface area contributed by atoms with Gasteiger partial charge in [-0.2, -0.15) is 13.2 Å². The van der Waals surface area contributed by atoms with Crippen molar-refractivity contribution in [3.8, 4) is 5.75 Å². The number of anilines is 1. The zero-order valence-electron chi connectivity index (χ0n) is 16.4. The molecule has 0 radical (unpaired) electrons. The molecule has 0 heterocycles. The first-order valence-corrected chi connectivity index (χ1v) is 9.00. The Hall–Kier alpha value is -3.03. The van der Waals surface area contributed by atoms with Crippen molar-refractivity contribution in [2.24, 2.45) is 0 Å². The molecular weight excluding hydrogens is 387 g/mol. The van der Waals surface area contributed by atoms with Crippen molar-refractivity contribution in [2.75, 3.05) is 18.5 Å². The van der Waals surface area contributed by atoms with Gasteiger partial charge in [-0.25, -0.2) is 4.79 Å². The van der Waals surface area contributed by atoms with E-state index in [4.69, 9.17) is 9.47 Å². The number of benzene rings is 2. The van der Waals surface area contributed by atoms with Crippen LogP contribution in [0.15, 0.2) is 36.4 Å². The summed E-state index contributed by atoms with van der Waals surface area (Å²) >= 11 is 0. The molecule has 0 saturated carbocycles. The number of carbonyl (C=O) groups excluding carboxylic acids is 2. The molecular formula is C21H22F3NO4. The summed E-state index contributed by atoms with van der Waals surface area (Å²) in [4.78, 5) is 24.4. The van der Waals surface area contributed by atoms with E-state index in [-0.39, 0.29) is 18.0 Å². The Morgan fingerprint density at radius 3 is 2.48 bits per heavy atom. The van der Waals surface area contributed by atoms with Crippen LogP contribution in [0.5, 0.6) is 5.75 Å². The van der Waals surface area contributed by atoms with E-state index in [2.05, 4.69) is 5.32 Å². The van der Waals surface area contributed by atoms with Gasteiger partial charge in [0.15, 0.2) is 6.61 Å². The summed E-state index contributed by atoms with van der Waals surface area (Å²) in [6.45, 7) is 5.07. The fraction of sp³-hybridized carbons (Fsp3) is 0.333. The Labute approximate surface area is 166 Å². The van der Waals surface area contributed by atoms with Crippen molar-refractivity contribution in [2.45, 2.75) is 33.4 Å². The van der Waals surface area contributed by atoms with Crippen molar-refractivity contribution < 1.29 is 32.2 Å². The normalized spacial score (nSPS) is 11.1. The average Bonchev–Trinajstić information content (AvgIpc) is 2.66. The second kappa shape index (κ2) is 9.45. The largest absolute Gasteiger partial charge is 0.491 e. The lowest BCUT2D eigenvalue weighted by Gasteiger charge is -2.15. The molecule has 156 valence electrons. The monoisotopic (exact) mass is 409 g/mol. The molecule has 0 spiro atoms. The highest BCUT2D eigenvalue weighted by Gasteiger charge is 2.31. The standard InChI is InChI=1S/C21H22F3NO4/c1-4-10-28-18-9-8-15(21(22,23)24)11-17(18)25-19(26)12-29-20(27)16-7-5-6-13(2)14(16)3/h5-9,11H,4,10,12H2,1-3H3,(H,25,26). The predicted octanol–water partition coefficient (Wildman–Crippen LogP) is 4.91. The lowest BCUT2D eigenvalue weighted by molar-refractivity contribution is -0.137. The molecule has 0 atom stereocenters. The van der Waals surface area contributed by atoms with Crippen LogP contribution in [-0.4, -0.2) is 25.1 Å². The second-order valence-electron chi connectivity index (χ2n) is 6.43. The molecule has 29 heavy (non-hydrogen) atoms. The number of ether oxygens (including phenoxy) is 2. The zero-order chi connectivity index (χ0) is 21.6. The fourth-order valence-electron chi connectivity index (χ4n) is 2.51. The first kappa shape index (κ1) is 22.3. The number of nitrogens with one attached hydrogen (secondary N) is 1. The molecule has 2 aromatic carbocycles. The van der Waals surface area contributed by atoms with Crippen LogP contribution in [0.25, 0.3) is 0 Å². The van der Waals surface area contributed by atoms with Crippen LogP contribution < -0.4 is 10.1 Å². The minimum absolute atomic E-state index is 0.106. The first-order chi connectivity index (χ1) is 13.6. The Kier molecular flexibility index (Phi) is 7.25. The summed E-state index contributed by atoms with van der Waals surface area (Å²) in [6.07, 6.45) is -3.93. The molecule has 2 aromatic rings. The molecule has 2 rings (SSSR count). The van der Waals surface area contributed by atoms with Gasteiger partial charge in [-0.05, 0) is 55.7 Å². The highest BCUT2D eigenvalue weighted by atomic mass is 19.4. The van der Waals surface area contributed by atoms with Crippen LogP contribution in [-0.2, 0) is 15.7 Å². The average molecular weight is 409 g/mol. The van der Waals surface area contributed by atoms with Gasteiger partial charge in [0.1, 0.15) is 5.75 Å². The van der Waals surface area contributed by atoms with Gasteiger partial charge in [0.25, 0.3) is 5.91 Å². The number of alkyl halides is 3. The third-order valence-corrected chi connectivity index (χ3v) is 4.20. The van der Waals surface area contributed by atoms with Crippen LogP contribution in [0.1, 0.15) is 40.4 Å². The number of halogens is 3. The number of carbonyl (C=O) groups is 2. The predicted molar refractivity (Wildman–Crippen MR) is 102 cm³/mol. The first-order valence-electron chi connectivity index (χ1n) is 9.00. The van der Waals surface area contributed by atoms with E-state index in [1.165, 1.54) is 0 Å². The molecule has 0 bridgehead atoms. The van der Waals surface area contributed by atoms with Crippen molar-refractivity contribution in [3.05, 3.63) is 58.7 Å². The van der Waals surface area contributed by atoms with E-state index >= 15 is 0 Å². The number of esters is 1. The molecule has 0 aliphatic carbocycles. The van der Waals surface area contributed by atoms with Crippen LogP contribution in [0.2, 0.25) is 0 Å². The van der Waals surface area contributed by atoms with Gasteiger partial charge in [-0.1, -0.05) is 19.1 Å². The van der Waals surface area contributed by atoms with Crippen LogP contribution in [0.3, 0.4) is 0 Å². The molecule has 0 unspecified atom stereocenters. The van der Waals surface area contributed by atoms with E-state index < -0.39 is 30.2 Å². The second-order valence-corrected chi connectivity index (χ2v) is 6.43. The number of amides is 1. The summed E-state index contributed by atoms with van der Waals surface area (Å²) in [5.74, 6) is -1.36. The highest BCUT2D eigenvalue weighted by molar-refractivity contribution is 5.97. The van der Waals surface area contributed by atoms with E-state index in [9.17, 15) is 22.8 Å². The molecule has 5 nitrogen and oxygen atoms in total. The van der Waals surface area contributed by atoms with Gasteiger partial charge >= 0.3 is 12.1 Å². The third-order valence-electron chi connectivity index (χ3n) is 4.20. The summed E-state index contributed by atoms with van der Waals surface area (Å²) < 4.78 is 49.3. The molecule has 0 fully saturated rings. The van der Waals surface area contributed by atoms with Gasteiger partial charge in [0, 0.05) is 0 Å².